The molecular weight excluding hydrogens is 322 g/mol. The Kier molecular flexibility index (Phi) is 4.46. The molecule has 110 valence electrons. The minimum Gasteiger partial charge on any atom is -0.303 e. The van der Waals surface area contributed by atoms with Crippen LogP contribution < -0.4 is 5.32 Å². The fourth-order valence-corrected chi connectivity index (χ4v) is 3.09. The summed E-state index contributed by atoms with van der Waals surface area (Å²) in [7, 11) is 0. The van der Waals surface area contributed by atoms with Gasteiger partial charge in [0.05, 0.1) is 0 Å². The lowest BCUT2D eigenvalue weighted by molar-refractivity contribution is 0.427. The first-order valence-electron chi connectivity index (χ1n) is 7.71. The number of aryl methyl sites for hydroxylation is 1. The zero-order valence-electron chi connectivity index (χ0n) is 12.6. The van der Waals surface area contributed by atoms with Crippen molar-refractivity contribution in [3.8, 4) is 0 Å². The van der Waals surface area contributed by atoms with Gasteiger partial charge in [-0.25, -0.2) is 0 Å². The van der Waals surface area contributed by atoms with Crippen LogP contribution in [0.5, 0.6) is 0 Å². The van der Waals surface area contributed by atoms with Crippen LogP contribution >= 0.6 is 15.9 Å². The molecule has 21 heavy (non-hydrogen) atoms. The number of hydrogen-bond acceptors (Lipinski definition) is 1. The molecule has 1 aliphatic rings. The molecule has 0 bridgehead atoms. The van der Waals surface area contributed by atoms with Crippen LogP contribution in [0.3, 0.4) is 0 Å². The van der Waals surface area contributed by atoms with E-state index in [9.17, 15) is 0 Å². The maximum absolute atomic E-state index is 3.84. The number of hydrogen-bond donors (Lipinski definition) is 1. The summed E-state index contributed by atoms with van der Waals surface area (Å²) < 4.78 is 1.13. The Hall–Kier alpha value is -1.12. The minimum absolute atomic E-state index is 0.366. The number of benzene rings is 2. The molecule has 1 nitrogen and oxygen atoms in total. The van der Waals surface area contributed by atoms with Crippen molar-refractivity contribution in [1.82, 2.24) is 5.32 Å². The van der Waals surface area contributed by atoms with E-state index >= 15 is 0 Å². The van der Waals surface area contributed by atoms with E-state index in [1.54, 1.807) is 0 Å². The molecule has 2 unspecified atom stereocenters. The van der Waals surface area contributed by atoms with Crippen LogP contribution in [0.2, 0.25) is 0 Å². The summed E-state index contributed by atoms with van der Waals surface area (Å²) in [5.41, 5.74) is 4.09. The van der Waals surface area contributed by atoms with Crippen molar-refractivity contribution in [2.75, 3.05) is 0 Å². The van der Waals surface area contributed by atoms with Gasteiger partial charge in [-0.05, 0) is 55.9 Å². The summed E-state index contributed by atoms with van der Waals surface area (Å²) in [5.74, 6) is 0.797. The third-order valence-electron chi connectivity index (χ3n) is 4.33. The Bertz CT molecular complexity index is 584. The van der Waals surface area contributed by atoms with Crippen molar-refractivity contribution in [2.24, 2.45) is 5.92 Å². The second-order valence-electron chi connectivity index (χ2n) is 6.17. The molecule has 1 fully saturated rings. The second kappa shape index (κ2) is 6.33. The maximum atomic E-state index is 3.84. The second-order valence-corrected chi connectivity index (χ2v) is 7.08. The molecule has 1 N–H and O–H groups in total. The molecule has 0 aliphatic heterocycles. The normalized spacial score (nSPS) is 17.5. The van der Waals surface area contributed by atoms with Crippen LogP contribution in [-0.2, 0) is 0 Å². The monoisotopic (exact) mass is 343 g/mol. The molecular formula is C19H22BrN. The van der Waals surface area contributed by atoms with E-state index in [0.717, 1.165) is 10.4 Å². The number of rotatable bonds is 5. The molecule has 0 amide bonds. The smallest absolute Gasteiger partial charge is 0.0353 e. The lowest BCUT2D eigenvalue weighted by Crippen LogP contribution is -2.26. The summed E-state index contributed by atoms with van der Waals surface area (Å²) >= 11 is 3.50. The maximum Gasteiger partial charge on any atom is 0.0353 e. The number of nitrogens with one attached hydrogen (secondary N) is 1. The molecule has 1 aliphatic carbocycles. The molecule has 3 rings (SSSR count). The molecule has 0 radical (unpaired) electrons. The zero-order valence-corrected chi connectivity index (χ0v) is 14.2. The van der Waals surface area contributed by atoms with E-state index in [1.165, 1.54) is 29.5 Å². The van der Waals surface area contributed by atoms with Gasteiger partial charge in [0.1, 0.15) is 0 Å². The van der Waals surface area contributed by atoms with Crippen LogP contribution in [0.25, 0.3) is 0 Å². The zero-order chi connectivity index (χ0) is 14.8. The predicted molar refractivity (Wildman–Crippen MR) is 92.3 cm³/mol. The van der Waals surface area contributed by atoms with Crippen LogP contribution in [0.4, 0.5) is 0 Å². The molecule has 2 aromatic rings. The molecule has 2 heteroatoms. The van der Waals surface area contributed by atoms with Crippen molar-refractivity contribution < 1.29 is 0 Å². The fraction of sp³-hybridized carbons (Fsp3) is 0.368. The Morgan fingerprint density at radius 3 is 2.10 bits per heavy atom. The first kappa shape index (κ1) is 14.8. The molecule has 2 aromatic carbocycles. The van der Waals surface area contributed by atoms with E-state index in [1.807, 2.05) is 0 Å². The van der Waals surface area contributed by atoms with Crippen LogP contribution in [0.1, 0.15) is 48.5 Å². The standard InChI is InChI=1S/C19H22BrN/c1-13-3-5-16(6-4-13)19(17-7-8-17)21-14(2)15-9-11-18(20)12-10-15/h3-6,9-12,14,17,19,21H,7-8H2,1-2H3. The van der Waals surface area contributed by atoms with Crippen molar-refractivity contribution in [2.45, 2.75) is 38.8 Å². The minimum atomic E-state index is 0.366. The molecule has 0 aromatic heterocycles. The van der Waals surface area contributed by atoms with E-state index in [0.29, 0.717) is 12.1 Å². The number of halogens is 1. The molecule has 0 heterocycles. The average Bonchev–Trinajstić information content (AvgIpc) is 3.31. The first-order valence-corrected chi connectivity index (χ1v) is 8.51. The SMILES string of the molecule is Cc1ccc(C(NC(C)c2ccc(Br)cc2)C2CC2)cc1. The Labute approximate surface area is 135 Å². The Balaban J connectivity index is 1.76. The van der Waals surface area contributed by atoms with Gasteiger partial charge >= 0.3 is 0 Å². The first-order chi connectivity index (χ1) is 10.1. The van der Waals surface area contributed by atoms with Gasteiger partial charge in [-0.1, -0.05) is 57.9 Å². The fourth-order valence-electron chi connectivity index (χ4n) is 2.82. The van der Waals surface area contributed by atoms with Gasteiger partial charge in [0, 0.05) is 16.6 Å². The summed E-state index contributed by atoms with van der Waals surface area (Å²) in [6, 6.07) is 18.5. The molecule has 2 atom stereocenters. The molecule has 1 saturated carbocycles. The average molecular weight is 344 g/mol. The van der Waals surface area contributed by atoms with Crippen molar-refractivity contribution in [3.63, 3.8) is 0 Å². The van der Waals surface area contributed by atoms with E-state index in [-0.39, 0.29) is 0 Å². The third-order valence-corrected chi connectivity index (χ3v) is 4.86. The van der Waals surface area contributed by atoms with Crippen LogP contribution in [0, 0.1) is 12.8 Å². The highest BCUT2D eigenvalue weighted by molar-refractivity contribution is 9.10. The van der Waals surface area contributed by atoms with E-state index in [4.69, 9.17) is 0 Å². The van der Waals surface area contributed by atoms with Gasteiger partial charge in [0.25, 0.3) is 0 Å². The van der Waals surface area contributed by atoms with Crippen molar-refractivity contribution >= 4 is 15.9 Å². The largest absolute Gasteiger partial charge is 0.303 e. The van der Waals surface area contributed by atoms with Gasteiger partial charge in [0.2, 0.25) is 0 Å². The quantitative estimate of drug-likeness (QED) is 0.749. The van der Waals surface area contributed by atoms with Gasteiger partial charge in [-0.3, -0.25) is 0 Å². The summed E-state index contributed by atoms with van der Waals surface area (Å²) in [6.45, 7) is 4.40. The molecule has 0 spiro atoms. The summed E-state index contributed by atoms with van der Waals surface area (Å²) in [5, 5.41) is 3.84. The highest BCUT2D eigenvalue weighted by Gasteiger charge is 2.33. The predicted octanol–water partition coefficient (Wildman–Crippen LogP) is 5.56. The van der Waals surface area contributed by atoms with E-state index < -0.39 is 0 Å². The third kappa shape index (κ3) is 3.75. The van der Waals surface area contributed by atoms with Gasteiger partial charge < -0.3 is 5.32 Å². The van der Waals surface area contributed by atoms with Crippen LogP contribution in [0.15, 0.2) is 53.0 Å². The topological polar surface area (TPSA) is 12.0 Å². The summed E-state index contributed by atoms with van der Waals surface area (Å²) in [6.07, 6.45) is 2.69. The van der Waals surface area contributed by atoms with Gasteiger partial charge in [-0.2, -0.15) is 0 Å². The lowest BCUT2D eigenvalue weighted by atomic mass is 9.98. The summed E-state index contributed by atoms with van der Waals surface area (Å²) in [4.78, 5) is 0. The van der Waals surface area contributed by atoms with Gasteiger partial charge in [0.15, 0.2) is 0 Å². The highest BCUT2D eigenvalue weighted by atomic mass is 79.9. The van der Waals surface area contributed by atoms with Gasteiger partial charge in [-0.15, -0.1) is 0 Å². The van der Waals surface area contributed by atoms with Crippen molar-refractivity contribution in [3.05, 3.63) is 69.7 Å². The van der Waals surface area contributed by atoms with Crippen molar-refractivity contribution in [1.29, 1.82) is 0 Å². The molecule has 0 saturated heterocycles. The highest BCUT2D eigenvalue weighted by Crippen LogP contribution is 2.42. The van der Waals surface area contributed by atoms with Crippen LogP contribution in [-0.4, -0.2) is 0 Å². The Morgan fingerprint density at radius 2 is 1.52 bits per heavy atom. The van der Waals surface area contributed by atoms with E-state index in [2.05, 4.69) is 83.6 Å². The lowest BCUT2D eigenvalue weighted by Gasteiger charge is -2.24. The Morgan fingerprint density at radius 1 is 0.952 bits per heavy atom.